The minimum absolute atomic E-state index is 0.0820. The standard InChI is InChI=1S/C20H20Cl2N4O4/c21-15-4-1-3-14(11-15)20(28)25-8-2-7-24(9-10-25)13-19(27)23-18-6-5-16(26(29)30)12-17(18)22/h1,3-6,11-12H,2,7-10,13H2,(H,23,27). The molecule has 1 N–H and O–H groups in total. The van der Waals surface area contributed by atoms with Crippen LogP contribution in [0, 0.1) is 10.1 Å². The highest BCUT2D eigenvalue weighted by atomic mass is 35.5. The van der Waals surface area contributed by atoms with E-state index < -0.39 is 4.92 Å². The van der Waals surface area contributed by atoms with Crippen LogP contribution in [0.25, 0.3) is 0 Å². The Morgan fingerprint density at radius 1 is 1.07 bits per heavy atom. The molecule has 2 aromatic carbocycles. The van der Waals surface area contributed by atoms with Crippen LogP contribution in [0.2, 0.25) is 10.0 Å². The fraction of sp³-hybridized carbons (Fsp3) is 0.300. The van der Waals surface area contributed by atoms with E-state index in [4.69, 9.17) is 23.2 Å². The number of nitrogens with one attached hydrogen (secondary N) is 1. The lowest BCUT2D eigenvalue weighted by Gasteiger charge is -2.22. The highest BCUT2D eigenvalue weighted by Gasteiger charge is 2.22. The van der Waals surface area contributed by atoms with E-state index in [1.165, 1.54) is 18.2 Å². The number of halogens is 2. The number of carbonyl (C=O) groups is 2. The summed E-state index contributed by atoms with van der Waals surface area (Å²) in [7, 11) is 0. The Morgan fingerprint density at radius 3 is 2.57 bits per heavy atom. The number of nitrogens with zero attached hydrogens (tertiary/aromatic N) is 3. The lowest BCUT2D eigenvalue weighted by Crippen LogP contribution is -2.38. The van der Waals surface area contributed by atoms with Crippen LogP contribution in [0.5, 0.6) is 0 Å². The van der Waals surface area contributed by atoms with E-state index in [0.717, 1.165) is 6.42 Å². The lowest BCUT2D eigenvalue weighted by atomic mass is 10.2. The second-order valence-corrected chi connectivity index (χ2v) is 7.75. The summed E-state index contributed by atoms with van der Waals surface area (Å²) in [6, 6.07) is 10.7. The fourth-order valence-corrected chi connectivity index (χ4v) is 3.66. The number of non-ortho nitro benzene ring substituents is 1. The maximum Gasteiger partial charge on any atom is 0.271 e. The van der Waals surface area contributed by atoms with Crippen molar-refractivity contribution < 1.29 is 14.5 Å². The molecule has 1 saturated heterocycles. The molecule has 2 amide bonds. The Hall–Kier alpha value is -2.68. The minimum Gasteiger partial charge on any atom is -0.337 e. The highest BCUT2D eigenvalue weighted by molar-refractivity contribution is 6.34. The number of nitro benzene ring substituents is 1. The van der Waals surface area contributed by atoms with E-state index in [0.29, 0.717) is 42.5 Å². The van der Waals surface area contributed by atoms with Gasteiger partial charge in [0.2, 0.25) is 5.91 Å². The maximum absolute atomic E-state index is 12.7. The van der Waals surface area contributed by atoms with Gasteiger partial charge in [0, 0.05) is 48.9 Å². The normalized spacial score (nSPS) is 14.8. The van der Waals surface area contributed by atoms with Crippen molar-refractivity contribution in [2.45, 2.75) is 6.42 Å². The Bertz CT molecular complexity index is 970. The first-order valence-electron chi connectivity index (χ1n) is 9.34. The van der Waals surface area contributed by atoms with E-state index in [1.807, 2.05) is 4.90 Å². The molecule has 1 fully saturated rings. The molecule has 1 aliphatic heterocycles. The van der Waals surface area contributed by atoms with Crippen molar-refractivity contribution in [2.75, 3.05) is 38.0 Å². The average Bonchev–Trinajstić information content (AvgIpc) is 2.94. The molecule has 0 atom stereocenters. The molecule has 158 valence electrons. The number of hydrogen-bond donors (Lipinski definition) is 1. The summed E-state index contributed by atoms with van der Waals surface area (Å²) in [6.45, 7) is 2.44. The minimum atomic E-state index is -0.550. The molecular formula is C20H20Cl2N4O4. The van der Waals surface area contributed by atoms with E-state index in [2.05, 4.69) is 5.32 Å². The Labute approximate surface area is 183 Å². The average molecular weight is 451 g/mol. The molecule has 1 heterocycles. The molecule has 8 nitrogen and oxygen atoms in total. The molecule has 30 heavy (non-hydrogen) atoms. The van der Waals surface area contributed by atoms with Gasteiger partial charge in [-0.15, -0.1) is 0 Å². The molecule has 0 aliphatic carbocycles. The van der Waals surface area contributed by atoms with Gasteiger partial charge in [0.25, 0.3) is 11.6 Å². The highest BCUT2D eigenvalue weighted by Crippen LogP contribution is 2.26. The molecule has 10 heteroatoms. The number of hydrogen-bond acceptors (Lipinski definition) is 5. The fourth-order valence-electron chi connectivity index (χ4n) is 3.25. The smallest absolute Gasteiger partial charge is 0.271 e. The van der Waals surface area contributed by atoms with Crippen LogP contribution < -0.4 is 5.32 Å². The Balaban J connectivity index is 1.55. The third-order valence-corrected chi connectivity index (χ3v) is 5.30. The largest absolute Gasteiger partial charge is 0.337 e. The van der Waals surface area contributed by atoms with Crippen molar-refractivity contribution in [2.24, 2.45) is 0 Å². The number of benzene rings is 2. The van der Waals surface area contributed by atoms with Crippen LogP contribution in [-0.4, -0.2) is 59.3 Å². The molecule has 0 aromatic heterocycles. The number of rotatable bonds is 5. The van der Waals surface area contributed by atoms with Crippen molar-refractivity contribution in [3.05, 3.63) is 68.2 Å². The van der Waals surface area contributed by atoms with Gasteiger partial charge in [-0.05, 0) is 30.7 Å². The Kier molecular flexibility index (Phi) is 7.25. The molecule has 1 aliphatic rings. The summed E-state index contributed by atoms with van der Waals surface area (Å²) in [4.78, 5) is 39.0. The van der Waals surface area contributed by atoms with E-state index in [1.54, 1.807) is 29.2 Å². The molecule has 0 spiro atoms. The molecular weight excluding hydrogens is 431 g/mol. The van der Waals surface area contributed by atoms with Crippen LogP contribution in [0.4, 0.5) is 11.4 Å². The van der Waals surface area contributed by atoms with Gasteiger partial charge in [-0.25, -0.2) is 0 Å². The van der Waals surface area contributed by atoms with E-state index in [-0.39, 0.29) is 29.1 Å². The van der Waals surface area contributed by atoms with Crippen LogP contribution >= 0.6 is 23.2 Å². The molecule has 0 bridgehead atoms. The van der Waals surface area contributed by atoms with Crippen molar-refractivity contribution in [3.8, 4) is 0 Å². The summed E-state index contributed by atoms with van der Waals surface area (Å²) in [6.07, 6.45) is 0.734. The summed E-state index contributed by atoms with van der Waals surface area (Å²) in [5, 5.41) is 14.1. The van der Waals surface area contributed by atoms with Gasteiger partial charge in [-0.3, -0.25) is 24.6 Å². The summed E-state index contributed by atoms with van der Waals surface area (Å²) >= 11 is 12.0. The van der Waals surface area contributed by atoms with Crippen LogP contribution in [-0.2, 0) is 4.79 Å². The monoisotopic (exact) mass is 450 g/mol. The summed E-state index contributed by atoms with van der Waals surface area (Å²) < 4.78 is 0. The molecule has 2 aromatic rings. The first kappa shape index (κ1) is 22.0. The van der Waals surface area contributed by atoms with Gasteiger partial charge < -0.3 is 10.2 Å². The molecule has 3 rings (SSSR count). The van der Waals surface area contributed by atoms with E-state index in [9.17, 15) is 19.7 Å². The quantitative estimate of drug-likeness (QED) is 0.553. The second-order valence-electron chi connectivity index (χ2n) is 6.90. The lowest BCUT2D eigenvalue weighted by molar-refractivity contribution is -0.384. The predicted octanol–water partition coefficient (Wildman–Crippen LogP) is 3.69. The van der Waals surface area contributed by atoms with Crippen molar-refractivity contribution in [1.82, 2.24) is 9.80 Å². The Morgan fingerprint density at radius 2 is 1.87 bits per heavy atom. The van der Waals surface area contributed by atoms with Crippen molar-refractivity contribution >= 4 is 46.4 Å². The van der Waals surface area contributed by atoms with Crippen LogP contribution in [0.3, 0.4) is 0 Å². The van der Waals surface area contributed by atoms with Gasteiger partial charge in [-0.1, -0.05) is 29.3 Å². The molecule has 0 saturated carbocycles. The zero-order valence-corrected chi connectivity index (χ0v) is 17.5. The van der Waals surface area contributed by atoms with Crippen LogP contribution in [0.15, 0.2) is 42.5 Å². The third kappa shape index (κ3) is 5.69. The van der Waals surface area contributed by atoms with Gasteiger partial charge in [0.15, 0.2) is 0 Å². The van der Waals surface area contributed by atoms with Gasteiger partial charge in [0.05, 0.1) is 22.2 Å². The van der Waals surface area contributed by atoms with Gasteiger partial charge in [-0.2, -0.15) is 0 Å². The molecule has 0 radical (unpaired) electrons. The third-order valence-electron chi connectivity index (χ3n) is 4.75. The van der Waals surface area contributed by atoms with E-state index >= 15 is 0 Å². The summed E-state index contributed by atoms with van der Waals surface area (Å²) in [5.41, 5.74) is 0.719. The van der Waals surface area contributed by atoms with Gasteiger partial charge in [0.1, 0.15) is 0 Å². The summed E-state index contributed by atoms with van der Waals surface area (Å²) in [5.74, 6) is -0.359. The second kappa shape index (κ2) is 9.88. The predicted molar refractivity (Wildman–Crippen MR) is 115 cm³/mol. The SMILES string of the molecule is O=C(CN1CCCN(C(=O)c2cccc(Cl)c2)CC1)Nc1ccc([N+](=O)[O-])cc1Cl. The number of anilines is 1. The zero-order valence-electron chi connectivity index (χ0n) is 16.0. The number of amides is 2. The molecule has 0 unspecified atom stereocenters. The number of nitro groups is 1. The van der Waals surface area contributed by atoms with Crippen molar-refractivity contribution in [1.29, 1.82) is 0 Å². The van der Waals surface area contributed by atoms with Crippen molar-refractivity contribution in [3.63, 3.8) is 0 Å². The topological polar surface area (TPSA) is 95.8 Å². The van der Waals surface area contributed by atoms with Crippen LogP contribution in [0.1, 0.15) is 16.8 Å². The first-order valence-corrected chi connectivity index (χ1v) is 10.1. The zero-order chi connectivity index (χ0) is 21.7. The first-order chi connectivity index (χ1) is 14.3. The van der Waals surface area contributed by atoms with Gasteiger partial charge >= 0.3 is 0 Å². The number of carbonyl (C=O) groups excluding carboxylic acids is 2. The maximum atomic E-state index is 12.7.